The van der Waals surface area contributed by atoms with Crippen molar-refractivity contribution in [1.82, 2.24) is 25.7 Å². The minimum absolute atomic E-state index is 0.0429. The number of Topliss-reactive ketones (excluding diaryl/α,β-unsaturated/α-hetero) is 1. The molecule has 3 amide bonds. The Morgan fingerprint density at radius 3 is 2.09 bits per heavy atom. The fraction of sp³-hybridized carbons (Fsp3) is 0.355. The molecule has 0 saturated heterocycles. The molecule has 0 aliphatic heterocycles. The highest BCUT2D eigenvalue weighted by Gasteiger charge is 2.36. The third-order valence-electron chi connectivity index (χ3n) is 6.60. The van der Waals surface area contributed by atoms with Gasteiger partial charge >= 0.3 is 18.2 Å². The van der Waals surface area contributed by atoms with Gasteiger partial charge in [-0.05, 0) is 30.5 Å². The van der Waals surface area contributed by atoms with E-state index in [-0.39, 0.29) is 12.3 Å². The first-order valence-electron chi connectivity index (χ1n) is 14.3. The summed E-state index contributed by atoms with van der Waals surface area (Å²) in [6.45, 7) is 3.61. The molecule has 1 heterocycles. The van der Waals surface area contributed by atoms with Gasteiger partial charge in [0.1, 0.15) is 24.7 Å². The van der Waals surface area contributed by atoms with E-state index in [4.69, 9.17) is 9.47 Å². The summed E-state index contributed by atoms with van der Waals surface area (Å²) in [4.78, 5) is 62.6. The number of rotatable bonds is 15. The molecular weight excluding hydrogens is 627 g/mol. The van der Waals surface area contributed by atoms with E-state index in [2.05, 4.69) is 21.0 Å². The van der Waals surface area contributed by atoms with Crippen LogP contribution < -0.4 is 20.7 Å². The molecule has 0 aliphatic rings. The summed E-state index contributed by atoms with van der Waals surface area (Å²) in [7, 11) is 0. The van der Waals surface area contributed by atoms with Crippen molar-refractivity contribution < 1.29 is 51.7 Å². The Labute approximate surface area is 267 Å². The lowest BCUT2D eigenvalue weighted by atomic mass is 10.0. The number of benzene rings is 2. The number of carboxylic acids is 1. The van der Waals surface area contributed by atoms with E-state index in [9.17, 15) is 42.3 Å². The van der Waals surface area contributed by atoms with Crippen LogP contribution in [0.15, 0.2) is 66.7 Å². The summed E-state index contributed by atoms with van der Waals surface area (Å²) >= 11 is 0. The van der Waals surface area contributed by atoms with Gasteiger partial charge in [-0.25, -0.2) is 9.48 Å². The fourth-order valence-corrected chi connectivity index (χ4v) is 4.12. The molecule has 4 N–H and O–H groups in total. The number of alkyl halides is 3. The Morgan fingerprint density at radius 2 is 1.51 bits per heavy atom. The van der Waals surface area contributed by atoms with Gasteiger partial charge in [0.2, 0.25) is 17.7 Å². The molecule has 1 aromatic heterocycles. The van der Waals surface area contributed by atoms with Crippen molar-refractivity contribution in [2.24, 2.45) is 5.92 Å². The molecular formula is C31H34F3N5O8. The number of carbonyl (C=O) groups is 5. The molecule has 3 atom stereocenters. The van der Waals surface area contributed by atoms with Gasteiger partial charge in [0.15, 0.2) is 18.1 Å². The van der Waals surface area contributed by atoms with Crippen molar-refractivity contribution in [2.45, 2.75) is 58.1 Å². The normalized spacial score (nSPS) is 13.2. The monoisotopic (exact) mass is 661 g/mol. The SMILES string of the molecule is CC(C)[C@H](NC(=O)OCc1ccccc1)C(=O)N[C@@H](C)C(=O)NC(CC(=O)O)C(=O)COc1cc(C(F)(F)F)nn1-c1ccccc1. The van der Waals surface area contributed by atoms with Gasteiger partial charge in [0, 0.05) is 6.07 Å². The molecule has 0 saturated carbocycles. The molecule has 0 spiro atoms. The highest BCUT2D eigenvalue weighted by atomic mass is 19.4. The van der Waals surface area contributed by atoms with Crippen LogP contribution in [0.2, 0.25) is 0 Å². The average Bonchev–Trinajstić information content (AvgIpc) is 3.46. The first-order valence-corrected chi connectivity index (χ1v) is 14.3. The third-order valence-corrected chi connectivity index (χ3v) is 6.60. The highest BCUT2D eigenvalue weighted by Crippen LogP contribution is 2.32. The van der Waals surface area contributed by atoms with Gasteiger partial charge in [0.25, 0.3) is 0 Å². The molecule has 0 bridgehead atoms. The van der Waals surface area contributed by atoms with Crippen molar-refractivity contribution in [2.75, 3.05) is 6.61 Å². The molecule has 0 radical (unpaired) electrons. The Hall–Kier alpha value is -5.41. The molecule has 0 fully saturated rings. The topological polar surface area (TPSA) is 178 Å². The average molecular weight is 662 g/mol. The van der Waals surface area contributed by atoms with Crippen LogP contribution in [0.4, 0.5) is 18.0 Å². The standard InChI is InChI=1S/C31H34F3N5O8/c1-18(2)27(37-30(45)47-16-20-10-6-4-7-11-20)29(44)35-19(3)28(43)36-22(14-26(41)42)23(40)17-46-25-15-24(31(32,33)34)38-39(25)21-12-8-5-9-13-21/h4-13,15,18-19,22,27H,14,16-17H2,1-3H3,(H,35,44)(H,36,43)(H,37,45)(H,41,42)/t19-,22?,27-/m0/s1. The van der Waals surface area contributed by atoms with E-state index >= 15 is 0 Å². The van der Waals surface area contributed by atoms with Gasteiger partial charge < -0.3 is 30.5 Å². The number of para-hydroxylation sites is 1. The van der Waals surface area contributed by atoms with Crippen LogP contribution in [-0.2, 0) is 36.7 Å². The largest absolute Gasteiger partial charge is 0.481 e. The minimum Gasteiger partial charge on any atom is -0.481 e. The van der Waals surface area contributed by atoms with E-state index in [1.807, 2.05) is 0 Å². The van der Waals surface area contributed by atoms with Crippen LogP contribution >= 0.6 is 0 Å². The summed E-state index contributed by atoms with van der Waals surface area (Å²) in [5.41, 5.74) is -0.367. The first-order chi connectivity index (χ1) is 22.1. The van der Waals surface area contributed by atoms with Crippen molar-refractivity contribution in [3.8, 4) is 11.6 Å². The Kier molecular flexibility index (Phi) is 12.5. The summed E-state index contributed by atoms with van der Waals surface area (Å²) in [6.07, 6.45) is -6.58. The van der Waals surface area contributed by atoms with Gasteiger partial charge in [-0.3, -0.25) is 19.2 Å². The summed E-state index contributed by atoms with van der Waals surface area (Å²) in [5.74, 6) is -5.02. The number of aliphatic carboxylic acids is 1. The second-order valence-electron chi connectivity index (χ2n) is 10.7. The number of ether oxygens (including phenoxy) is 2. The lowest BCUT2D eigenvalue weighted by Crippen LogP contribution is -2.56. The number of alkyl carbamates (subject to hydrolysis) is 1. The van der Waals surface area contributed by atoms with Gasteiger partial charge in [-0.1, -0.05) is 62.4 Å². The molecule has 3 rings (SSSR count). The molecule has 252 valence electrons. The molecule has 3 aromatic rings. The van der Waals surface area contributed by atoms with E-state index in [0.29, 0.717) is 6.07 Å². The smallest absolute Gasteiger partial charge is 0.435 e. The summed E-state index contributed by atoms with van der Waals surface area (Å²) < 4.78 is 51.4. The zero-order chi connectivity index (χ0) is 34.7. The number of hydrogen-bond donors (Lipinski definition) is 4. The number of aromatic nitrogens is 2. The Bertz CT molecular complexity index is 1550. The van der Waals surface area contributed by atoms with E-state index < -0.39 is 84.5 Å². The lowest BCUT2D eigenvalue weighted by Gasteiger charge is -2.24. The van der Waals surface area contributed by atoms with E-state index in [1.54, 1.807) is 62.4 Å². The van der Waals surface area contributed by atoms with Gasteiger partial charge in [-0.15, -0.1) is 0 Å². The quantitative estimate of drug-likeness (QED) is 0.190. The van der Waals surface area contributed by atoms with Crippen molar-refractivity contribution >= 4 is 29.7 Å². The molecule has 47 heavy (non-hydrogen) atoms. The van der Waals surface area contributed by atoms with E-state index in [1.165, 1.54) is 19.1 Å². The number of amides is 3. The maximum Gasteiger partial charge on any atom is 0.435 e. The number of carboxylic acid groups (broad SMARTS) is 1. The van der Waals surface area contributed by atoms with Crippen LogP contribution in [-0.4, -0.2) is 69.3 Å². The van der Waals surface area contributed by atoms with Crippen LogP contribution in [0.5, 0.6) is 5.88 Å². The second-order valence-corrected chi connectivity index (χ2v) is 10.7. The number of hydrogen-bond acceptors (Lipinski definition) is 8. The van der Waals surface area contributed by atoms with Crippen LogP contribution in [0.25, 0.3) is 5.69 Å². The predicted octanol–water partition coefficient (Wildman–Crippen LogP) is 3.25. The minimum atomic E-state index is -4.82. The lowest BCUT2D eigenvalue weighted by molar-refractivity contribution is -0.142. The van der Waals surface area contributed by atoms with Crippen LogP contribution in [0, 0.1) is 5.92 Å². The number of nitrogens with one attached hydrogen (secondary N) is 3. The number of nitrogens with zero attached hydrogens (tertiary/aromatic N) is 2. The second kappa shape index (κ2) is 16.2. The molecule has 0 aliphatic carbocycles. The Balaban J connectivity index is 1.63. The van der Waals surface area contributed by atoms with Crippen LogP contribution in [0.1, 0.15) is 38.4 Å². The zero-order valence-electron chi connectivity index (χ0n) is 25.6. The maximum atomic E-state index is 13.4. The van der Waals surface area contributed by atoms with Gasteiger partial charge in [-0.2, -0.15) is 18.3 Å². The van der Waals surface area contributed by atoms with Crippen molar-refractivity contribution in [3.63, 3.8) is 0 Å². The predicted molar refractivity (Wildman–Crippen MR) is 159 cm³/mol. The maximum absolute atomic E-state index is 13.4. The summed E-state index contributed by atoms with van der Waals surface area (Å²) in [6, 6.07) is 13.0. The highest BCUT2D eigenvalue weighted by molar-refractivity contribution is 5.96. The third kappa shape index (κ3) is 10.9. The van der Waals surface area contributed by atoms with Gasteiger partial charge in [0.05, 0.1) is 12.1 Å². The van der Waals surface area contributed by atoms with Crippen LogP contribution in [0.3, 0.4) is 0 Å². The van der Waals surface area contributed by atoms with E-state index in [0.717, 1.165) is 10.2 Å². The molecule has 1 unspecified atom stereocenters. The van der Waals surface area contributed by atoms with Crippen molar-refractivity contribution in [1.29, 1.82) is 0 Å². The number of halogens is 3. The molecule has 16 heteroatoms. The number of carbonyl (C=O) groups excluding carboxylic acids is 4. The first kappa shape index (κ1) is 36.1. The Morgan fingerprint density at radius 1 is 0.894 bits per heavy atom. The molecule has 13 nitrogen and oxygen atoms in total. The molecule has 2 aromatic carbocycles. The number of ketones is 1. The van der Waals surface area contributed by atoms with Crippen molar-refractivity contribution in [3.05, 3.63) is 78.0 Å². The fourth-order valence-electron chi connectivity index (χ4n) is 4.12. The zero-order valence-corrected chi connectivity index (χ0v) is 25.6. The summed E-state index contributed by atoms with van der Waals surface area (Å²) in [5, 5.41) is 19.9.